The lowest BCUT2D eigenvalue weighted by Crippen LogP contribution is -1.82. The van der Waals surface area contributed by atoms with Crippen LogP contribution in [0.3, 0.4) is 0 Å². The fourth-order valence-electron chi connectivity index (χ4n) is 0.979. The Morgan fingerprint density at radius 3 is 1.88 bits per heavy atom. The molecule has 2 heteroatoms. The molecular formula is C6H16BP. The molecule has 8 heavy (non-hydrogen) atoms. The standard InChI is InChI=1S/C6H16BP/c7-8-5-3-1-2-4-6-8/h8H,1-6H2,7H3. The molecule has 0 aromatic rings. The van der Waals surface area contributed by atoms with Crippen molar-refractivity contribution < 1.29 is 0 Å². The lowest BCUT2D eigenvalue weighted by atomic mass is 10.2. The van der Waals surface area contributed by atoms with Gasteiger partial charge in [-0.3, -0.25) is 0 Å². The molecule has 0 N–H and O–H groups in total. The number of hydrogen-bond acceptors (Lipinski definition) is 0. The lowest BCUT2D eigenvalue weighted by molar-refractivity contribution is 0.726. The van der Waals surface area contributed by atoms with Gasteiger partial charge < -0.3 is 0 Å². The second-order valence-corrected chi connectivity index (χ2v) is 3.66. The maximum absolute atomic E-state index is 1.70. The molecule has 0 spiro atoms. The minimum absolute atomic E-state index is 0.421. The Morgan fingerprint density at radius 2 is 1.38 bits per heavy atom. The van der Waals surface area contributed by atoms with E-state index in [1.165, 1.54) is 0 Å². The monoisotopic (exact) mass is 130 g/mol. The zero-order valence-corrected chi connectivity index (χ0v) is 5.74. The van der Waals surface area contributed by atoms with Gasteiger partial charge in [0.1, 0.15) is 7.57 Å². The molecule has 0 aromatic heterocycles. The average molecular weight is 130 g/mol. The Bertz CT molecular complexity index is 57.5. The van der Waals surface area contributed by atoms with Crippen LogP contribution in [0.4, 0.5) is 0 Å². The molecule has 0 nitrogen and oxygen atoms in total. The van der Waals surface area contributed by atoms with Crippen molar-refractivity contribution in [2.45, 2.75) is 25.7 Å². The Labute approximate surface area is 54.2 Å². The van der Waals surface area contributed by atoms with Gasteiger partial charge in [-0.05, 0) is 25.7 Å². The summed E-state index contributed by atoms with van der Waals surface area (Å²) in [6, 6.07) is 0. The van der Waals surface area contributed by atoms with Crippen LogP contribution < -0.4 is 0 Å². The molecule has 1 rings (SSSR count). The van der Waals surface area contributed by atoms with E-state index in [-0.39, 0.29) is 0 Å². The van der Waals surface area contributed by atoms with Crippen LogP contribution in [0.1, 0.15) is 25.7 Å². The van der Waals surface area contributed by atoms with E-state index >= 15 is 0 Å². The molecular weight excluding hydrogens is 114 g/mol. The minimum atomic E-state index is 0.421. The van der Waals surface area contributed by atoms with Gasteiger partial charge in [-0.2, -0.15) is 7.80 Å². The van der Waals surface area contributed by atoms with Crippen molar-refractivity contribution in [2.75, 3.05) is 12.3 Å². The first-order chi connectivity index (χ1) is 3.89. The molecule has 1 aliphatic rings. The zero-order valence-electron chi connectivity index (χ0n) is 4.74. The van der Waals surface area contributed by atoms with E-state index in [0.717, 1.165) is 7.57 Å². The van der Waals surface area contributed by atoms with Gasteiger partial charge in [-0.25, -0.2) is 0 Å². The van der Waals surface area contributed by atoms with E-state index in [1.807, 2.05) is 0 Å². The van der Waals surface area contributed by atoms with Gasteiger partial charge in [0, 0.05) is 12.3 Å². The molecule has 0 unspecified atom stereocenters. The van der Waals surface area contributed by atoms with Crippen LogP contribution in [0.2, 0.25) is 0 Å². The second kappa shape index (κ2) is 3.51. The maximum Gasteiger partial charge on any atom is 0.124 e. The summed E-state index contributed by atoms with van der Waals surface area (Å²) in [7, 11) is 1.23. The van der Waals surface area contributed by atoms with Crippen molar-refractivity contribution in [3.8, 4) is 0 Å². The molecule has 1 aliphatic heterocycles. The first-order valence-corrected chi connectivity index (χ1v) is 4.62. The van der Waals surface area contributed by atoms with Crippen molar-refractivity contribution in [1.29, 1.82) is 0 Å². The fourth-order valence-corrected chi connectivity index (χ4v) is 2.23. The topological polar surface area (TPSA) is 0 Å². The summed E-state index contributed by atoms with van der Waals surface area (Å²) in [5.41, 5.74) is 0. The zero-order chi connectivity index (χ0) is 5.82. The van der Waals surface area contributed by atoms with Crippen molar-refractivity contribution >= 4 is 15.4 Å². The molecule has 0 atom stereocenters. The summed E-state index contributed by atoms with van der Waals surface area (Å²) < 4.78 is 0. The van der Waals surface area contributed by atoms with E-state index in [4.69, 9.17) is 0 Å². The quantitative estimate of drug-likeness (QED) is 0.339. The summed E-state index contributed by atoms with van der Waals surface area (Å²) in [5, 5.41) is 0. The first-order valence-electron chi connectivity index (χ1n) is 3.21. The van der Waals surface area contributed by atoms with Crippen molar-refractivity contribution in [3.05, 3.63) is 0 Å². The van der Waals surface area contributed by atoms with Crippen LogP contribution in [-0.2, 0) is 0 Å². The fraction of sp³-hybridized carbons (Fsp3) is 1.00. The molecule has 0 aliphatic carbocycles. The minimum Gasteiger partial charge on any atom is -0.170 e. The van der Waals surface area contributed by atoms with Crippen molar-refractivity contribution in [3.63, 3.8) is 0 Å². The number of hydrogen-bond donors (Lipinski definition) is 0. The molecule has 1 heterocycles. The maximum atomic E-state index is 1.70. The predicted molar refractivity (Wildman–Crippen MR) is 46.5 cm³/mol. The molecule has 1 fully saturated rings. The van der Waals surface area contributed by atoms with E-state index in [1.54, 1.807) is 38.0 Å². The van der Waals surface area contributed by atoms with Crippen molar-refractivity contribution in [1.82, 2.24) is 0 Å². The highest BCUT2D eigenvalue weighted by Gasteiger charge is 2.06. The van der Waals surface area contributed by atoms with Gasteiger partial charge in [-0.1, -0.05) is 0 Å². The SMILES string of the molecule is [BH3-][PH+]1CCCCCC1. The van der Waals surface area contributed by atoms with Crippen molar-refractivity contribution in [2.24, 2.45) is 0 Å². The third kappa shape index (κ3) is 2.18. The van der Waals surface area contributed by atoms with Crippen LogP contribution in [0, 0.1) is 0 Å². The van der Waals surface area contributed by atoms with Crippen LogP contribution in [0.15, 0.2) is 0 Å². The highest BCUT2D eigenvalue weighted by Crippen LogP contribution is 2.34. The number of rotatable bonds is 0. The van der Waals surface area contributed by atoms with Gasteiger partial charge in [-0.15, -0.1) is 0 Å². The summed E-state index contributed by atoms with van der Waals surface area (Å²) >= 11 is 0. The van der Waals surface area contributed by atoms with E-state index in [9.17, 15) is 0 Å². The lowest BCUT2D eigenvalue weighted by Gasteiger charge is -2.02. The van der Waals surface area contributed by atoms with Gasteiger partial charge in [0.05, 0.1) is 0 Å². The smallest absolute Gasteiger partial charge is 0.124 e. The third-order valence-electron chi connectivity index (χ3n) is 1.46. The molecule has 0 saturated carbocycles. The largest absolute Gasteiger partial charge is 0.170 e. The van der Waals surface area contributed by atoms with Crippen LogP contribution in [0.25, 0.3) is 0 Å². The average Bonchev–Trinajstić information content (AvgIpc) is 1.94. The van der Waals surface area contributed by atoms with Gasteiger partial charge in [0.25, 0.3) is 0 Å². The Hall–Kier alpha value is 0.495. The third-order valence-corrected chi connectivity index (χ3v) is 2.87. The molecule has 1 saturated heterocycles. The van der Waals surface area contributed by atoms with E-state index < -0.39 is 0 Å². The van der Waals surface area contributed by atoms with Gasteiger partial charge in [0.2, 0.25) is 0 Å². The highest BCUT2D eigenvalue weighted by atomic mass is 31.1. The van der Waals surface area contributed by atoms with E-state index in [2.05, 4.69) is 0 Å². The Balaban J connectivity index is 2.17. The predicted octanol–water partition coefficient (Wildman–Crippen LogP) is 1.05. The van der Waals surface area contributed by atoms with Crippen LogP contribution >= 0.6 is 7.80 Å². The Kier molecular flexibility index (Phi) is 2.90. The first kappa shape index (κ1) is 6.61. The summed E-state index contributed by atoms with van der Waals surface area (Å²) in [6.07, 6.45) is 9.70. The summed E-state index contributed by atoms with van der Waals surface area (Å²) in [6.45, 7) is 0. The van der Waals surface area contributed by atoms with E-state index in [0.29, 0.717) is 7.80 Å². The van der Waals surface area contributed by atoms with Crippen LogP contribution in [-0.4, -0.2) is 19.9 Å². The van der Waals surface area contributed by atoms with Crippen LogP contribution in [0.5, 0.6) is 0 Å². The van der Waals surface area contributed by atoms with Gasteiger partial charge >= 0.3 is 0 Å². The molecule has 0 radical (unpaired) electrons. The molecule has 0 bridgehead atoms. The molecule has 0 amide bonds. The Morgan fingerprint density at radius 1 is 0.875 bits per heavy atom. The summed E-state index contributed by atoms with van der Waals surface area (Å²) in [4.78, 5) is 0. The second-order valence-electron chi connectivity index (χ2n) is 2.16. The normalized spacial score (nSPS) is 25.1. The highest BCUT2D eigenvalue weighted by molar-refractivity contribution is 7.82. The van der Waals surface area contributed by atoms with Gasteiger partial charge in [0.15, 0.2) is 0 Å². The summed E-state index contributed by atoms with van der Waals surface area (Å²) in [5.74, 6) is 0. The molecule has 48 valence electrons. The molecule has 0 aromatic carbocycles.